The molecule has 0 aliphatic carbocycles. The number of anilines is 3. The van der Waals surface area contributed by atoms with Gasteiger partial charge < -0.3 is 15.1 Å². The highest BCUT2D eigenvalue weighted by atomic mass is 15.3. The minimum absolute atomic E-state index is 0.368. The number of piperazine rings is 1. The molecule has 0 unspecified atom stereocenters. The van der Waals surface area contributed by atoms with E-state index in [1.165, 1.54) is 11.1 Å². The van der Waals surface area contributed by atoms with E-state index in [2.05, 4.69) is 64.2 Å². The van der Waals surface area contributed by atoms with E-state index in [0.29, 0.717) is 11.9 Å². The van der Waals surface area contributed by atoms with Crippen molar-refractivity contribution < 1.29 is 0 Å². The Morgan fingerprint density at radius 3 is 2.53 bits per heavy atom. The van der Waals surface area contributed by atoms with Crippen LogP contribution in [-0.4, -0.2) is 58.8 Å². The van der Waals surface area contributed by atoms with Crippen molar-refractivity contribution in [3.63, 3.8) is 0 Å². The summed E-state index contributed by atoms with van der Waals surface area (Å²) in [4.78, 5) is 23.4. The molecule has 1 fully saturated rings. The third-order valence-corrected chi connectivity index (χ3v) is 5.92. The summed E-state index contributed by atoms with van der Waals surface area (Å²) >= 11 is 0. The maximum absolute atomic E-state index is 4.84. The van der Waals surface area contributed by atoms with Gasteiger partial charge in [0.15, 0.2) is 0 Å². The lowest BCUT2D eigenvalue weighted by Crippen LogP contribution is -2.44. The quantitative estimate of drug-likeness (QED) is 0.722. The number of pyridine rings is 1. The van der Waals surface area contributed by atoms with Crippen molar-refractivity contribution in [1.82, 2.24) is 19.9 Å². The van der Waals surface area contributed by atoms with E-state index in [1.54, 1.807) is 0 Å². The first-order valence-electron chi connectivity index (χ1n) is 10.6. The first kappa shape index (κ1) is 18.9. The van der Waals surface area contributed by atoms with Crippen LogP contribution in [0.5, 0.6) is 0 Å². The normalized spacial score (nSPS) is 16.8. The molecule has 30 heavy (non-hydrogen) atoms. The lowest BCUT2D eigenvalue weighted by atomic mass is 9.96. The SMILES string of the molecule is CC(C)C1=NCc2ccc3cnc(Nc4ccc(N5CCN(C)CC5)cn4)nc3c21. The van der Waals surface area contributed by atoms with Crippen LogP contribution in [0.3, 0.4) is 0 Å². The Morgan fingerprint density at radius 1 is 0.967 bits per heavy atom. The van der Waals surface area contributed by atoms with Crippen LogP contribution in [0.15, 0.2) is 41.7 Å². The number of rotatable bonds is 4. The lowest BCUT2D eigenvalue weighted by Gasteiger charge is -2.33. The Morgan fingerprint density at radius 2 is 1.80 bits per heavy atom. The summed E-state index contributed by atoms with van der Waals surface area (Å²) in [5, 5.41) is 4.30. The molecule has 0 amide bonds. The van der Waals surface area contributed by atoms with Crippen LogP contribution >= 0.6 is 0 Å². The molecule has 0 spiro atoms. The van der Waals surface area contributed by atoms with Gasteiger partial charge in [-0.3, -0.25) is 4.99 Å². The Hall–Kier alpha value is -3.06. The van der Waals surface area contributed by atoms with E-state index < -0.39 is 0 Å². The Bertz CT molecular complexity index is 1100. The van der Waals surface area contributed by atoms with Gasteiger partial charge in [-0.15, -0.1) is 0 Å². The number of aliphatic imine (C=N–C) groups is 1. The number of hydrogen-bond acceptors (Lipinski definition) is 7. The molecule has 2 aromatic heterocycles. The van der Waals surface area contributed by atoms with Gasteiger partial charge >= 0.3 is 0 Å². The molecule has 5 rings (SSSR count). The smallest absolute Gasteiger partial charge is 0.228 e. The van der Waals surface area contributed by atoms with E-state index in [1.807, 2.05) is 18.5 Å². The summed E-state index contributed by atoms with van der Waals surface area (Å²) in [7, 11) is 2.16. The third-order valence-electron chi connectivity index (χ3n) is 5.92. The number of likely N-dealkylation sites (N-methyl/N-ethyl adjacent to an activating group) is 1. The van der Waals surface area contributed by atoms with Gasteiger partial charge in [-0.1, -0.05) is 26.0 Å². The summed E-state index contributed by atoms with van der Waals surface area (Å²) in [5.41, 5.74) is 5.67. The Labute approximate surface area is 176 Å². The van der Waals surface area contributed by atoms with Crippen molar-refractivity contribution in [2.75, 3.05) is 43.4 Å². The van der Waals surface area contributed by atoms with E-state index in [0.717, 1.165) is 60.8 Å². The monoisotopic (exact) mass is 401 g/mol. The highest BCUT2D eigenvalue weighted by Crippen LogP contribution is 2.30. The van der Waals surface area contributed by atoms with Gasteiger partial charge in [0, 0.05) is 49.0 Å². The van der Waals surface area contributed by atoms with Crippen LogP contribution in [0, 0.1) is 5.92 Å². The third kappa shape index (κ3) is 3.50. The first-order valence-corrected chi connectivity index (χ1v) is 10.6. The molecule has 154 valence electrons. The van der Waals surface area contributed by atoms with Gasteiger partial charge in [-0.05, 0) is 30.7 Å². The van der Waals surface area contributed by atoms with Crippen molar-refractivity contribution in [3.8, 4) is 0 Å². The molecule has 3 aromatic rings. The predicted molar refractivity (Wildman–Crippen MR) is 122 cm³/mol. The zero-order chi connectivity index (χ0) is 20.7. The average molecular weight is 402 g/mol. The molecule has 2 aliphatic heterocycles. The second kappa shape index (κ2) is 7.65. The van der Waals surface area contributed by atoms with Crippen LogP contribution < -0.4 is 10.2 Å². The van der Waals surface area contributed by atoms with Crippen molar-refractivity contribution in [3.05, 3.63) is 47.8 Å². The summed E-state index contributed by atoms with van der Waals surface area (Å²) in [6, 6.07) is 8.34. The fraction of sp³-hybridized carbons (Fsp3) is 0.391. The molecule has 1 saturated heterocycles. The fourth-order valence-electron chi connectivity index (χ4n) is 4.16. The first-order chi connectivity index (χ1) is 14.6. The number of aromatic nitrogens is 3. The highest BCUT2D eigenvalue weighted by molar-refractivity contribution is 6.13. The van der Waals surface area contributed by atoms with E-state index in [-0.39, 0.29) is 0 Å². The van der Waals surface area contributed by atoms with Crippen molar-refractivity contribution in [1.29, 1.82) is 0 Å². The topological polar surface area (TPSA) is 69.5 Å². The van der Waals surface area contributed by atoms with Gasteiger partial charge in [0.05, 0.1) is 23.9 Å². The predicted octanol–water partition coefficient (Wildman–Crippen LogP) is 3.48. The van der Waals surface area contributed by atoms with Crippen LogP contribution in [0.4, 0.5) is 17.5 Å². The second-order valence-electron chi connectivity index (χ2n) is 8.40. The number of nitrogens with zero attached hydrogens (tertiary/aromatic N) is 6. The number of fused-ring (bicyclic) bond motifs is 3. The Kier molecular flexibility index (Phi) is 4.83. The fourth-order valence-corrected chi connectivity index (χ4v) is 4.16. The maximum Gasteiger partial charge on any atom is 0.228 e. The molecular formula is C23H27N7. The van der Waals surface area contributed by atoms with Crippen LogP contribution in [-0.2, 0) is 6.54 Å². The molecule has 0 bridgehead atoms. The zero-order valence-electron chi connectivity index (χ0n) is 17.8. The van der Waals surface area contributed by atoms with Gasteiger partial charge in [0.2, 0.25) is 5.95 Å². The molecule has 1 N–H and O–H groups in total. The average Bonchev–Trinajstić information content (AvgIpc) is 3.20. The van der Waals surface area contributed by atoms with Crippen LogP contribution in [0.2, 0.25) is 0 Å². The summed E-state index contributed by atoms with van der Waals surface area (Å²) < 4.78 is 0. The van der Waals surface area contributed by atoms with E-state index in [9.17, 15) is 0 Å². The van der Waals surface area contributed by atoms with Gasteiger partial charge in [-0.2, -0.15) is 0 Å². The Balaban J connectivity index is 1.39. The molecule has 0 atom stereocenters. The summed E-state index contributed by atoms with van der Waals surface area (Å²) in [6.45, 7) is 9.32. The molecule has 4 heterocycles. The van der Waals surface area contributed by atoms with E-state index in [4.69, 9.17) is 9.98 Å². The molecule has 1 aromatic carbocycles. The maximum atomic E-state index is 4.84. The van der Waals surface area contributed by atoms with Crippen molar-refractivity contribution in [2.24, 2.45) is 10.9 Å². The minimum atomic E-state index is 0.368. The highest BCUT2D eigenvalue weighted by Gasteiger charge is 2.22. The minimum Gasteiger partial charge on any atom is -0.368 e. The zero-order valence-corrected chi connectivity index (χ0v) is 17.8. The molecular weight excluding hydrogens is 374 g/mol. The number of hydrogen-bond donors (Lipinski definition) is 1. The lowest BCUT2D eigenvalue weighted by molar-refractivity contribution is 0.313. The molecule has 7 nitrogen and oxygen atoms in total. The summed E-state index contributed by atoms with van der Waals surface area (Å²) in [5.74, 6) is 1.68. The second-order valence-corrected chi connectivity index (χ2v) is 8.40. The molecule has 0 saturated carbocycles. The van der Waals surface area contributed by atoms with Gasteiger partial charge in [-0.25, -0.2) is 15.0 Å². The molecule has 7 heteroatoms. The van der Waals surface area contributed by atoms with Gasteiger partial charge in [0.1, 0.15) is 5.82 Å². The standard InChI is InChI=1S/C23H27N7/c1-15(2)21-20-16(12-25-21)4-5-17-13-26-23(28-22(17)20)27-19-7-6-18(14-24-19)30-10-8-29(3)9-11-30/h4-7,13-15H,8-12H2,1-3H3,(H,24,26,27,28). The molecule has 0 radical (unpaired) electrons. The number of nitrogens with one attached hydrogen (secondary N) is 1. The van der Waals surface area contributed by atoms with Crippen LogP contribution in [0.1, 0.15) is 25.0 Å². The van der Waals surface area contributed by atoms with Crippen molar-refractivity contribution in [2.45, 2.75) is 20.4 Å². The molecule has 2 aliphatic rings. The van der Waals surface area contributed by atoms with Crippen molar-refractivity contribution >= 4 is 34.1 Å². The number of benzene rings is 1. The largest absolute Gasteiger partial charge is 0.368 e. The van der Waals surface area contributed by atoms with Crippen LogP contribution in [0.25, 0.3) is 10.9 Å². The van der Waals surface area contributed by atoms with Gasteiger partial charge in [0.25, 0.3) is 0 Å². The summed E-state index contributed by atoms with van der Waals surface area (Å²) in [6.07, 6.45) is 3.80. The van der Waals surface area contributed by atoms with E-state index >= 15 is 0 Å².